The quantitative estimate of drug-likeness (QED) is 0.636. The van der Waals surface area contributed by atoms with E-state index in [0.717, 1.165) is 17.7 Å². The van der Waals surface area contributed by atoms with Crippen LogP contribution in [-0.4, -0.2) is 12.5 Å². The molecule has 0 aliphatic rings. The summed E-state index contributed by atoms with van der Waals surface area (Å²) in [5.41, 5.74) is 7.49. The highest BCUT2D eigenvalue weighted by Gasteiger charge is 1.97. The van der Waals surface area contributed by atoms with Crippen molar-refractivity contribution in [3.63, 3.8) is 0 Å². The highest BCUT2D eigenvalue weighted by Crippen LogP contribution is 2.05. The van der Waals surface area contributed by atoms with Gasteiger partial charge in [-0.15, -0.1) is 0 Å². The number of hydrogen-bond donors (Lipinski definition) is 2. The van der Waals surface area contributed by atoms with Crippen LogP contribution in [0.4, 0.5) is 5.69 Å². The fourth-order valence-corrected chi connectivity index (χ4v) is 1.62. The summed E-state index contributed by atoms with van der Waals surface area (Å²) < 4.78 is 5.09. The molecule has 0 saturated carbocycles. The summed E-state index contributed by atoms with van der Waals surface area (Å²) in [6, 6.07) is 11.2. The lowest BCUT2D eigenvalue weighted by molar-refractivity contribution is -0.116. The largest absolute Gasteiger partial charge is 0.465 e. The minimum Gasteiger partial charge on any atom is -0.465 e. The van der Waals surface area contributed by atoms with Gasteiger partial charge in [0.1, 0.15) is 5.76 Å². The molecule has 0 fully saturated rings. The Labute approximate surface area is 111 Å². The number of benzene rings is 1. The van der Waals surface area contributed by atoms with Crippen LogP contribution in [0.1, 0.15) is 11.3 Å². The molecule has 1 amide bonds. The van der Waals surface area contributed by atoms with Gasteiger partial charge in [-0.1, -0.05) is 12.1 Å². The van der Waals surface area contributed by atoms with Crippen LogP contribution < -0.4 is 11.1 Å². The SMILES string of the molecule is Nc1ccc(CCNC(=O)/C=C/c2ccco2)cc1. The van der Waals surface area contributed by atoms with Crippen molar-refractivity contribution in [2.24, 2.45) is 0 Å². The molecule has 4 nitrogen and oxygen atoms in total. The number of nitrogens with one attached hydrogen (secondary N) is 1. The molecule has 4 heteroatoms. The third-order valence-electron chi connectivity index (χ3n) is 2.63. The first-order chi connectivity index (χ1) is 9.24. The normalized spacial score (nSPS) is 10.7. The van der Waals surface area contributed by atoms with Gasteiger partial charge in [-0.3, -0.25) is 4.79 Å². The van der Waals surface area contributed by atoms with Crippen molar-refractivity contribution < 1.29 is 9.21 Å². The lowest BCUT2D eigenvalue weighted by Gasteiger charge is -2.03. The Morgan fingerprint density at radius 1 is 1.26 bits per heavy atom. The van der Waals surface area contributed by atoms with Gasteiger partial charge in [-0.25, -0.2) is 0 Å². The minimum atomic E-state index is -0.133. The molecule has 2 aromatic rings. The van der Waals surface area contributed by atoms with Crippen LogP contribution in [0.3, 0.4) is 0 Å². The number of carbonyl (C=O) groups excluding carboxylic acids is 1. The van der Waals surface area contributed by atoms with E-state index in [1.807, 2.05) is 24.3 Å². The smallest absolute Gasteiger partial charge is 0.244 e. The van der Waals surface area contributed by atoms with Gasteiger partial charge in [0.25, 0.3) is 0 Å². The van der Waals surface area contributed by atoms with E-state index in [4.69, 9.17) is 10.2 Å². The maximum atomic E-state index is 11.5. The molecule has 3 N–H and O–H groups in total. The summed E-state index contributed by atoms with van der Waals surface area (Å²) >= 11 is 0. The number of amides is 1. The van der Waals surface area contributed by atoms with Crippen molar-refractivity contribution in [2.75, 3.05) is 12.3 Å². The minimum absolute atomic E-state index is 0.133. The summed E-state index contributed by atoms with van der Waals surface area (Å²) in [6.07, 6.45) is 5.44. The maximum absolute atomic E-state index is 11.5. The molecule has 0 spiro atoms. The molecule has 0 unspecified atom stereocenters. The second-order valence-electron chi connectivity index (χ2n) is 4.13. The average molecular weight is 256 g/mol. The molecular formula is C15H16N2O2. The van der Waals surface area contributed by atoms with Crippen LogP contribution in [0, 0.1) is 0 Å². The number of furan rings is 1. The standard InChI is InChI=1S/C15H16N2O2/c16-13-5-3-12(4-6-13)9-10-17-15(18)8-7-14-2-1-11-19-14/h1-8,11H,9-10,16H2,(H,17,18)/b8-7+. The van der Waals surface area contributed by atoms with Crippen LogP contribution in [0.5, 0.6) is 0 Å². The number of hydrogen-bond acceptors (Lipinski definition) is 3. The zero-order chi connectivity index (χ0) is 13.5. The lowest BCUT2D eigenvalue weighted by atomic mass is 10.1. The van der Waals surface area contributed by atoms with E-state index in [1.165, 1.54) is 6.08 Å². The summed E-state index contributed by atoms with van der Waals surface area (Å²) in [5.74, 6) is 0.528. The summed E-state index contributed by atoms with van der Waals surface area (Å²) in [5, 5.41) is 2.81. The van der Waals surface area contributed by atoms with E-state index in [9.17, 15) is 4.79 Å². The second kappa shape index (κ2) is 6.44. The molecule has 1 aromatic carbocycles. The van der Waals surface area contributed by atoms with Crippen molar-refractivity contribution in [3.8, 4) is 0 Å². The van der Waals surface area contributed by atoms with Gasteiger partial charge >= 0.3 is 0 Å². The molecular weight excluding hydrogens is 240 g/mol. The third-order valence-corrected chi connectivity index (χ3v) is 2.63. The Kier molecular flexibility index (Phi) is 4.39. The Hall–Kier alpha value is -2.49. The molecule has 0 bridgehead atoms. The molecule has 0 saturated heterocycles. The van der Waals surface area contributed by atoms with Gasteiger partial charge in [-0.2, -0.15) is 0 Å². The molecule has 0 radical (unpaired) electrons. The highest BCUT2D eigenvalue weighted by atomic mass is 16.3. The first-order valence-electron chi connectivity index (χ1n) is 6.08. The van der Waals surface area contributed by atoms with Crippen molar-refractivity contribution in [1.82, 2.24) is 5.32 Å². The van der Waals surface area contributed by atoms with Crippen LogP contribution in [0.2, 0.25) is 0 Å². The molecule has 0 aliphatic heterocycles. The predicted molar refractivity (Wildman–Crippen MR) is 75.3 cm³/mol. The second-order valence-corrected chi connectivity index (χ2v) is 4.13. The van der Waals surface area contributed by atoms with Crippen LogP contribution in [-0.2, 0) is 11.2 Å². The van der Waals surface area contributed by atoms with E-state index in [1.54, 1.807) is 24.5 Å². The van der Waals surface area contributed by atoms with E-state index < -0.39 is 0 Å². The van der Waals surface area contributed by atoms with Crippen molar-refractivity contribution in [3.05, 3.63) is 60.1 Å². The maximum Gasteiger partial charge on any atom is 0.244 e. The first kappa shape index (κ1) is 13.0. The third kappa shape index (κ3) is 4.35. The molecule has 19 heavy (non-hydrogen) atoms. The van der Waals surface area contributed by atoms with Crippen molar-refractivity contribution in [2.45, 2.75) is 6.42 Å². The number of carbonyl (C=O) groups is 1. The fraction of sp³-hybridized carbons (Fsp3) is 0.133. The van der Waals surface area contributed by atoms with Gasteiger partial charge in [-0.05, 0) is 42.3 Å². The molecule has 0 atom stereocenters. The Morgan fingerprint density at radius 2 is 2.05 bits per heavy atom. The molecule has 98 valence electrons. The van der Waals surface area contributed by atoms with E-state index in [0.29, 0.717) is 12.3 Å². The van der Waals surface area contributed by atoms with E-state index >= 15 is 0 Å². The van der Waals surface area contributed by atoms with E-state index in [2.05, 4.69) is 5.32 Å². The van der Waals surface area contributed by atoms with Crippen LogP contribution in [0.25, 0.3) is 6.08 Å². The highest BCUT2D eigenvalue weighted by molar-refractivity contribution is 5.91. The van der Waals surface area contributed by atoms with Crippen LogP contribution >= 0.6 is 0 Å². The molecule has 2 rings (SSSR count). The van der Waals surface area contributed by atoms with Crippen molar-refractivity contribution in [1.29, 1.82) is 0 Å². The van der Waals surface area contributed by atoms with Crippen LogP contribution in [0.15, 0.2) is 53.2 Å². The Bertz CT molecular complexity index is 542. The lowest BCUT2D eigenvalue weighted by Crippen LogP contribution is -2.23. The summed E-state index contributed by atoms with van der Waals surface area (Å²) in [6.45, 7) is 0.589. The van der Waals surface area contributed by atoms with Crippen molar-refractivity contribution >= 4 is 17.7 Å². The Morgan fingerprint density at radius 3 is 2.74 bits per heavy atom. The molecule has 1 heterocycles. The predicted octanol–water partition coefficient (Wildman–Crippen LogP) is 2.23. The van der Waals surface area contributed by atoms with Gasteiger partial charge in [0.05, 0.1) is 6.26 Å². The first-order valence-corrected chi connectivity index (χ1v) is 6.08. The van der Waals surface area contributed by atoms with Gasteiger partial charge < -0.3 is 15.5 Å². The number of rotatable bonds is 5. The topological polar surface area (TPSA) is 68.3 Å². The Balaban J connectivity index is 1.73. The summed E-state index contributed by atoms with van der Waals surface area (Å²) in [4.78, 5) is 11.5. The zero-order valence-electron chi connectivity index (χ0n) is 10.5. The van der Waals surface area contributed by atoms with Gasteiger partial charge in [0.2, 0.25) is 5.91 Å². The number of anilines is 1. The van der Waals surface area contributed by atoms with Gasteiger partial charge in [0, 0.05) is 18.3 Å². The van der Waals surface area contributed by atoms with E-state index in [-0.39, 0.29) is 5.91 Å². The zero-order valence-corrected chi connectivity index (χ0v) is 10.5. The van der Waals surface area contributed by atoms with Gasteiger partial charge in [0.15, 0.2) is 0 Å². The fourth-order valence-electron chi connectivity index (χ4n) is 1.62. The average Bonchev–Trinajstić information content (AvgIpc) is 2.92. The monoisotopic (exact) mass is 256 g/mol. The molecule has 1 aromatic heterocycles. The number of nitrogen functional groups attached to an aromatic ring is 1. The number of nitrogens with two attached hydrogens (primary N) is 1. The molecule has 0 aliphatic carbocycles. The summed E-state index contributed by atoms with van der Waals surface area (Å²) in [7, 11) is 0.